The van der Waals surface area contributed by atoms with E-state index in [-0.39, 0.29) is 24.6 Å². The summed E-state index contributed by atoms with van der Waals surface area (Å²) in [6.07, 6.45) is 1.01. The van der Waals surface area contributed by atoms with Gasteiger partial charge in [0.1, 0.15) is 11.4 Å². The molecule has 0 saturated carbocycles. The van der Waals surface area contributed by atoms with Crippen LogP contribution in [0.25, 0.3) is 0 Å². The maximum Gasteiger partial charge on any atom is 0.328 e. The Morgan fingerprint density at radius 2 is 1.97 bits per heavy atom. The van der Waals surface area contributed by atoms with Crippen LogP contribution in [0.4, 0.5) is 10.1 Å². The molecule has 0 atom stereocenters. The standard InChI is InChI=1S/C19H13BrFN3O5/c20-11-2-3-14(13(21)6-11)23-17(25)12-7-22-19(27)24(18(12)26)8-10-1-4-15-16(5-10)29-9-28-15/h1-7H,8-9H2,(H,22,27)(H,23,25). The maximum atomic E-state index is 14.0. The van der Waals surface area contributed by atoms with Crippen LogP contribution in [0.1, 0.15) is 15.9 Å². The zero-order chi connectivity index (χ0) is 20.5. The highest BCUT2D eigenvalue weighted by Crippen LogP contribution is 2.32. The Bertz CT molecular complexity index is 1240. The first-order chi connectivity index (χ1) is 13.9. The van der Waals surface area contributed by atoms with E-state index >= 15 is 0 Å². The quantitative estimate of drug-likeness (QED) is 0.621. The number of rotatable bonds is 4. The molecule has 4 rings (SSSR count). The first kappa shape index (κ1) is 18.9. The molecule has 10 heteroatoms. The SMILES string of the molecule is O=C(Nc1ccc(Br)cc1F)c1c[nH]c(=O)n(Cc2ccc3c(c2)OCO3)c1=O. The molecule has 0 radical (unpaired) electrons. The lowest BCUT2D eigenvalue weighted by molar-refractivity contribution is 0.102. The van der Waals surface area contributed by atoms with E-state index in [1.54, 1.807) is 24.3 Å². The number of nitrogens with one attached hydrogen (secondary N) is 2. The summed E-state index contributed by atoms with van der Waals surface area (Å²) in [5, 5.41) is 2.33. The minimum atomic E-state index is -0.841. The number of aromatic nitrogens is 2. The van der Waals surface area contributed by atoms with Crippen LogP contribution in [0, 0.1) is 5.82 Å². The van der Waals surface area contributed by atoms with Gasteiger partial charge in [-0.3, -0.25) is 14.2 Å². The predicted molar refractivity (Wildman–Crippen MR) is 105 cm³/mol. The van der Waals surface area contributed by atoms with Crippen LogP contribution in [0.5, 0.6) is 11.5 Å². The number of anilines is 1. The summed E-state index contributed by atoms with van der Waals surface area (Å²) in [6.45, 7) is 0.0141. The van der Waals surface area contributed by atoms with E-state index in [9.17, 15) is 18.8 Å². The summed E-state index contributed by atoms with van der Waals surface area (Å²) in [5.41, 5.74) is -1.29. The summed E-state index contributed by atoms with van der Waals surface area (Å²) in [4.78, 5) is 39.7. The predicted octanol–water partition coefficient (Wildman–Crippen LogP) is 2.47. The summed E-state index contributed by atoms with van der Waals surface area (Å²) in [6, 6.07) is 9.09. The highest BCUT2D eigenvalue weighted by atomic mass is 79.9. The number of carbonyl (C=O) groups is 1. The van der Waals surface area contributed by atoms with E-state index in [1.165, 1.54) is 12.1 Å². The third-order valence-corrected chi connectivity index (χ3v) is 4.76. The van der Waals surface area contributed by atoms with Crippen molar-refractivity contribution < 1.29 is 18.7 Å². The molecule has 0 fully saturated rings. The summed E-state index contributed by atoms with van der Waals surface area (Å²) in [7, 11) is 0. The Balaban J connectivity index is 1.63. The molecule has 0 saturated heterocycles. The monoisotopic (exact) mass is 461 g/mol. The molecule has 1 aromatic heterocycles. The summed E-state index contributed by atoms with van der Waals surface area (Å²) < 4.78 is 25.9. The molecule has 1 aliphatic rings. The van der Waals surface area contributed by atoms with E-state index in [1.807, 2.05) is 0 Å². The van der Waals surface area contributed by atoms with Crippen molar-refractivity contribution in [1.29, 1.82) is 0 Å². The fraction of sp³-hybridized carbons (Fsp3) is 0.105. The molecule has 148 valence electrons. The molecule has 2 aromatic carbocycles. The number of aromatic amines is 1. The average molecular weight is 462 g/mol. The summed E-state index contributed by atoms with van der Waals surface area (Å²) >= 11 is 3.12. The number of fused-ring (bicyclic) bond motifs is 1. The Labute approximate surface area is 171 Å². The van der Waals surface area contributed by atoms with Crippen molar-refractivity contribution in [2.75, 3.05) is 12.1 Å². The lowest BCUT2D eigenvalue weighted by atomic mass is 10.2. The van der Waals surface area contributed by atoms with Gasteiger partial charge in [-0.05, 0) is 35.9 Å². The third-order valence-electron chi connectivity index (χ3n) is 4.26. The van der Waals surface area contributed by atoms with Crippen molar-refractivity contribution in [1.82, 2.24) is 9.55 Å². The van der Waals surface area contributed by atoms with E-state index in [0.717, 1.165) is 10.8 Å². The molecule has 1 amide bonds. The van der Waals surface area contributed by atoms with Gasteiger partial charge in [0.25, 0.3) is 11.5 Å². The molecule has 2 N–H and O–H groups in total. The molecule has 0 bridgehead atoms. The van der Waals surface area contributed by atoms with Gasteiger partial charge in [0.2, 0.25) is 6.79 Å². The number of ether oxygens (including phenoxy) is 2. The zero-order valence-corrected chi connectivity index (χ0v) is 16.3. The van der Waals surface area contributed by atoms with Gasteiger partial charge in [-0.2, -0.15) is 0 Å². The second-order valence-corrected chi connectivity index (χ2v) is 7.08. The molecule has 8 nitrogen and oxygen atoms in total. The zero-order valence-electron chi connectivity index (χ0n) is 14.7. The van der Waals surface area contributed by atoms with Gasteiger partial charge >= 0.3 is 5.69 Å². The van der Waals surface area contributed by atoms with Gasteiger partial charge in [-0.1, -0.05) is 22.0 Å². The second-order valence-electron chi connectivity index (χ2n) is 6.16. The molecule has 0 unspecified atom stereocenters. The molecule has 0 aliphatic carbocycles. The van der Waals surface area contributed by atoms with E-state index in [4.69, 9.17) is 9.47 Å². The fourth-order valence-electron chi connectivity index (χ4n) is 2.82. The summed E-state index contributed by atoms with van der Waals surface area (Å²) in [5.74, 6) is -0.434. The fourth-order valence-corrected chi connectivity index (χ4v) is 3.15. The number of benzene rings is 2. The van der Waals surface area contributed by atoms with Crippen molar-refractivity contribution >= 4 is 27.5 Å². The molecule has 1 aliphatic heterocycles. The molecule has 3 aromatic rings. The lowest BCUT2D eigenvalue weighted by Gasteiger charge is -2.09. The smallest absolute Gasteiger partial charge is 0.328 e. The highest BCUT2D eigenvalue weighted by molar-refractivity contribution is 9.10. The van der Waals surface area contributed by atoms with Crippen molar-refractivity contribution in [3.63, 3.8) is 0 Å². The molecule has 2 heterocycles. The van der Waals surface area contributed by atoms with Crippen LogP contribution < -0.4 is 26.0 Å². The number of hydrogen-bond donors (Lipinski definition) is 2. The number of hydrogen-bond acceptors (Lipinski definition) is 5. The average Bonchev–Trinajstić information content (AvgIpc) is 3.15. The topological polar surface area (TPSA) is 102 Å². The van der Waals surface area contributed by atoms with E-state index in [0.29, 0.717) is 21.5 Å². The van der Waals surface area contributed by atoms with E-state index in [2.05, 4.69) is 26.2 Å². The number of H-pyrrole nitrogens is 1. The van der Waals surface area contributed by atoms with Gasteiger partial charge in [-0.15, -0.1) is 0 Å². The van der Waals surface area contributed by atoms with E-state index < -0.39 is 23.0 Å². The highest BCUT2D eigenvalue weighted by Gasteiger charge is 2.18. The minimum Gasteiger partial charge on any atom is -0.454 e. The van der Waals surface area contributed by atoms with Crippen molar-refractivity contribution in [2.24, 2.45) is 0 Å². The van der Waals surface area contributed by atoms with Crippen LogP contribution in [0.15, 0.2) is 56.7 Å². The second kappa shape index (κ2) is 7.55. The molecular weight excluding hydrogens is 449 g/mol. The number of amides is 1. The Morgan fingerprint density at radius 1 is 1.17 bits per heavy atom. The first-order valence-corrected chi connectivity index (χ1v) is 9.19. The number of nitrogens with zero attached hydrogens (tertiary/aromatic N) is 1. The van der Waals surface area contributed by atoms with Crippen LogP contribution >= 0.6 is 15.9 Å². The molecular formula is C19H13BrFN3O5. The number of carbonyl (C=O) groups excluding carboxylic acids is 1. The van der Waals surface area contributed by atoms with Gasteiger partial charge in [-0.25, -0.2) is 9.18 Å². The Kier molecular flexibility index (Phi) is 4.93. The third kappa shape index (κ3) is 3.79. The van der Waals surface area contributed by atoms with Gasteiger partial charge < -0.3 is 19.8 Å². The van der Waals surface area contributed by atoms with Crippen LogP contribution in [0.3, 0.4) is 0 Å². The lowest BCUT2D eigenvalue weighted by Crippen LogP contribution is -2.39. The normalized spacial score (nSPS) is 12.1. The Hall–Kier alpha value is -3.40. The minimum absolute atomic E-state index is 0.0848. The Morgan fingerprint density at radius 3 is 2.76 bits per heavy atom. The van der Waals surface area contributed by atoms with Crippen LogP contribution in [0.2, 0.25) is 0 Å². The van der Waals surface area contributed by atoms with Crippen LogP contribution in [-0.2, 0) is 6.54 Å². The maximum absolute atomic E-state index is 14.0. The first-order valence-electron chi connectivity index (χ1n) is 8.40. The largest absolute Gasteiger partial charge is 0.454 e. The van der Waals surface area contributed by atoms with Crippen molar-refractivity contribution in [3.8, 4) is 11.5 Å². The van der Waals surface area contributed by atoms with Gasteiger partial charge in [0.05, 0.1) is 12.2 Å². The molecule has 0 spiro atoms. The van der Waals surface area contributed by atoms with Crippen molar-refractivity contribution in [2.45, 2.75) is 6.54 Å². The van der Waals surface area contributed by atoms with Crippen molar-refractivity contribution in [3.05, 3.63) is 84.8 Å². The van der Waals surface area contributed by atoms with Crippen LogP contribution in [-0.4, -0.2) is 22.3 Å². The molecule has 29 heavy (non-hydrogen) atoms. The van der Waals surface area contributed by atoms with Gasteiger partial charge in [0.15, 0.2) is 11.5 Å². The van der Waals surface area contributed by atoms with Gasteiger partial charge in [0, 0.05) is 10.7 Å². The number of halogens is 2.